The van der Waals surface area contributed by atoms with Crippen LogP contribution in [0.15, 0.2) is 30.3 Å². The summed E-state index contributed by atoms with van der Waals surface area (Å²) in [5.74, 6) is 0. The van der Waals surface area contributed by atoms with E-state index in [1.54, 1.807) is 0 Å². The first-order valence-electron chi connectivity index (χ1n) is 9.64. The van der Waals surface area contributed by atoms with Crippen molar-refractivity contribution in [1.82, 2.24) is 0 Å². The van der Waals surface area contributed by atoms with Gasteiger partial charge in [0.1, 0.15) is 0 Å². The lowest BCUT2D eigenvalue weighted by Gasteiger charge is -2.36. The highest BCUT2D eigenvalue weighted by atomic mass is 28.4. The molecule has 1 rings (SSSR count). The fraction of sp³-hybridized carbons (Fsp3) is 0.714. The molecule has 0 saturated carbocycles. The van der Waals surface area contributed by atoms with Crippen molar-refractivity contribution in [3.8, 4) is 0 Å². The minimum absolute atomic E-state index is 0.196. The second-order valence-electron chi connectivity index (χ2n) is 7.85. The first-order valence-corrected chi connectivity index (χ1v) is 12.8. The topological polar surface area (TPSA) is 18.5 Å². The van der Waals surface area contributed by atoms with Gasteiger partial charge in [-0.3, -0.25) is 0 Å². The van der Waals surface area contributed by atoms with Gasteiger partial charge in [-0.1, -0.05) is 69.9 Å². The first-order chi connectivity index (χ1) is 11.5. The third-order valence-corrected chi connectivity index (χ3v) is 7.00. The maximum Gasteiger partial charge on any atom is 0.191 e. The Morgan fingerprint density at radius 2 is 1.50 bits per heavy atom. The first kappa shape index (κ1) is 21.4. The van der Waals surface area contributed by atoms with Crippen LogP contribution < -0.4 is 0 Å². The van der Waals surface area contributed by atoms with Gasteiger partial charge in [0.15, 0.2) is 8.32 Å². The number of ether oxygens (including phenoxy) is 1. The summed E-state index contributed by atoms with van der Waals surface area (Å²) >= 11 is 0. The lowest BCUT2D eigenvalue weighted by molar-refractivity contribution is 0.0191. The number of rotatable bonds is 13. The molecule has 0 radical (unpaired) electrons. The monoisotopic (exact) mass is 350 g/mol. The maximum atomic E-state index is 6.60. The molecule has 138 valence electrons. The van der Waals surface area contributed by atoms with Gasteiger partial charge in [-0.15, -0.1) is 0 Å². The van der Waals surface area contributed by atoms with Crippen LogP contribution in [0.25, 0.3) is 0 Å². The Kier molecular flexibility index (Phi) is 9.87. The molecule has 1 aromatic rings. The fourth-order valence-corrected chi connectivity index (χ4v) is 5.37. The van der Waals surface area contributed by atoms with E-state index in [9.17, 15) is 0 Å². The predicted molar refractivity (Wildman–Crippen MR) is 107 cm³/mol. The molecule has 0 fully saturated rings. The Labute approximate surface area is 151 Å². The summed E-state index contributed by atoms with van der Waals surface area (Å²) in [4.78, 5) is 0. The second kappa shape index (κ2) is 11.1. The zero-order chi connectivity index (χ0) is 17.9. The molecule has 0 aliphatic rings. The van der Waals surface area contributed by atoms with Gasteiger partial charge in [-0.25, -0.2) is 0 Å². The van der Waals surface area contributed by atoms with Crippen molar-refractivity contribution in [3.63, 3.8) is 0 Å². The predicted octanol–water partition coefficient (Wildman–Crippen LogP) is 6.00. The van der Waals surface area contributed by atoms with Gasteiger partial charge >= 0.3 is 0 Å². The van der Waals surface area contributed by atoms with Crippen LogP contribution in [0.1, 0.15) is 57.9 Å². The van der Waals surface area contributed by atoms with Gasteiger partial charge < -0.3 is 9.16 Å². The van der Waals surface area contributed by atoms with Crippen LogP contribution in [0.2, 0.25) is 13.1 Å². The average molecular weight is 351 g/mol. The number of hydrogen-bond acceptors (Lipinski definition) is 2. The van der Waals surface area contributed by atoms with E-state index < -0.39 is 8.32 Å². The van der Waals surface area contributed by atoms with Crippen molar-refractivity contribution in [2.75, 3.05) is 20.3 Å². The Morgan fingerprint density at radius 1 is 0.917 bits per heavy atom. The van der Waals surface area contributed by atoms with E-state index in [4.69, 9.17) is 9.16 Å². The summed E-state index contributed by atoms with van der Waals surface area (Å²) < 4.78 is 12.2. The summed E-state index contributed by atoms with van der Waals surface area (Å²) in [6, 6.07) is 11.8. The van der Waals surface area contributed by atoms with Gasteiger partial charge in [0.25, 0.3) is 0 Å². The van der Waals surface area contributed by atoms with E-state index in [-0.39, 0.29) is 5.41 Å². The summed E-state index contributed by atoms with van der Waals surface area (Å²) in [6.45, 7) is 10.9. The molecule has 0 unspecified atom stereocenters. The average Bonchev–Trinajstić information content (AvgIpc) is 2.57. The number of benzene rings is 1. The van der Waals surface area contributed by atoms with E-state index in [0.717, 1.165) is 19.3 Å². The van der Waals surface area contributed by atoms with Gasteiger partial charge in [-0.2, -0.15) is 0 Å². The Hall–Kier alpha value is -0.643. The third-order valence-electron chi connectivity index (χ3n) is 4.81. The van der Waals surface area contributed by atoms with Crippen LogP contribution in [0, 0.1) is 5.41 Å². The molecule has 0 N–H and O–H groups in total. The zero-order valence-electron chi connectivity index (χ0n) is 16.6. The quantitative estimate of drug-likeness (QED) is 0.406. The molecule has 0 aliphatic carbocycles. The standard InChI is InChI=1S/C21H38O2Si/c1-6-8-15-21(18-22-3,16-9-7-2)19-23-24(4,5)17-20-13-11-10-12-14-20/h10-14H,6-9,15-19H2,1-5H3. The maximum absolute atomic E-state index is 6.60. The highest BCUT2D eigenvalue weighted by Gasteiger charge is 2.33. The van der Waals surface area contributed by atoms with Crippen LogP contribution >= 0.6 is 0 Å². The summed E-state index contributed by atoms with van der Waals surface area (Å²) in [5, 5.41) is 0. The summed E-state index contributed by atoms with van der Waals surface area (Å²) in [6.07, 6.45) is 7.43. The van der Waals surface area contributed by atoms with Gasteiger partial charge in [0.2, 0.25) is 0 Å². The Balaban J connectivity index is 2.72. The second-order valence-corrected chi connectivity index (χ2v) is 12.0. The molecule has 0 saturated heterocycles. The Bertz CT molecular complexity index is 423. The number of unbranched alkanes of at least 4 members (excludes halogenated alkanes) is 2. The lowest BCUT2D eigenvalue weighted by atomic mass is 9.80. The summed E-state index contributed by atoms with van der Waals surface area (Å²) in [7, 11) is 0.116. The van der Waals surface area contributed by atoms with Gasteiger partial charge in [0, 0.05) is 19.1 Å². The van der Waals surface area contributed by atoms with Crippen molar-refractivity contribution >= 4 is 8.32 Å². The molecule has 0 amide bonds. The molecule has 24 heavy (non-hydrogen) atoms. The van der Waals surface area contributed by atoms with Crippen molar-refractivity contribution < 1.29 is 9.16 Å². The minimum Gasteiger partial charge on any atom is -0.416 e. The van der Waals surface area contributed by atoms with Crippen molar-refractivity contribution in [3.05, 3.63) is 35.9 Å². The van der Waals surface area contributed by atoms with Crippen LogP contribution in [-0.2, 0) is 15.2 Å². The van der Waals surface area contributed by atoms with E-state index in [1.807, 2.05) is 7.11 Å². The van der Waals surface area contributed by atoms with Crippen LogP contribution in [-0.4, -0.2) is 28.6 Å². The van der Waals surface area contributed by atoms with E-state index in [0.29, 0.717) is 0 Å². The highest BCUT2D eigenvalue weighted by Crippen LogP contribution is 2.33. The van der Waals surface area contributed by atoms with E-state index in [1.165, 1.54) is 44.1 Å². The zero-order valence-corrected chi connectivity index (χ0v) is 17.6. The lowest BCUT2D eigenvalue weighted by Crippen LogP contribution is -2.41. The van der Waals surface area contributed by atoms with E-state index >= 15 is 0 Å². The third kappa shape index (κ3) is 7.95. The fourth-order valence-electron chi connectivity index (χ4n) is 3.35. The highest BCUT2D eigenvalue weighted by molar-refractivity contribution is 6.70. The Morgan fingerprint density at radius 3 is 2.00 bits per heavy atom. The molecule has 0 aliphatic heterocycles. The van der Waals surface area contributed by atoms with Crippen LogP contribution in [0.4, 0.5) is 0 Å². The van der Waals surface area contributed by atoms with Crippen molar-refractivity contribution in [2.45, 2.75) is 71.5 Å². The largest absolute Gasteiger partial charge is 0.416 e. The molecule has 0 bridgehead atoms. The van der Waals surface area contributed by atoms with Crippen molar-refractivity contribution in [1.29, 1.82) is 0 Å². The minimum atomic E-state index is -1.72. The molecule has 0 spiro atoms. The smallest absolute Gasteiger partial charge is 0.191 e. The molecule has 0 heterocycles. The number of methoxy groups -OCH3 is 1. The van der Waals surface area contributed by atoms with Crippen LogP contribution in [0.5, 0.6) is 0 Å². The summed E-state index contributed by atoms with van der Waals surface area (Å²) in [5.41, 5.74) is 1.59. The molecule has 0 aromatic heterocycles. The number of hydrogen-bond donors (Lipinski definition) is 0. The normalized spacial score (nSPS) is 12.5. The molecular weight excluding hydrogens is 312 g/mol. The molecule has 3 heteroatoms. The molecular formula is C21H38O2Si. The SMILES string of the molecule is CCCCC(CCCC)(COC)CO[Si](C)(C)Cc1ccccc1. The van der Waals surface area contributed by atoms with Crippen molar-refractivity contribution in [2.24, 2.45) is 5.41 Å². The van der Waals surface area contributed by atoms with Gasteiger partial charge in [0.05, 0.1) is 6.61 Å². The molecule has 1 aromatic carbocycles. The molecule has 2 nitrogen and oxygen atoms in total. The van der Waals surface area contributed by atoms with Gasteiger partial charge in [-0.05, 0) is 37.5 Å². The molecule has 0 atom stereocenters. The van der Waals surface area contributed by atoms with E-state index in [2.05, 4.69) is 57.3 Å². The van der Waals surface area contributed by atoms with Crippen LogP contribution in [0.3, 0.4) is 0 Å².